The number of hydrogen-bond acceptors (Lipinski definition) is 2. The van der Waals surface area contributed by atoms with Crippen LogP contribution in [-0.4, -0.2) is 18.0 Å². The van der Waals surface area contributed by atoms with E-state index in [2.05, 4.69) is 6.92 Å². The van der Waals surface area contributed by atoms with Crippen LogP contribution in [-0.2, 0) is 9.53 Å². The van der Waals surface area contributed by atoms with Crippen molar-refractivity contribution < 1.29 is 9.53 Å². The maximum absolute atomic E-state index is 11.3. The lowest BCUT2D eigenvalue weighted by Gasteiger charge is -2.28. The maximum atomic E-state index is 11.3. The third-order valence-corrected chi connectivity index (χ3v) is 4.70. The number of hydrogen-bond donors (Lipinski definition) is 0. The molecule has 0 aromatic carbocycles. The fourth-order valence-corrected chi connectivity index (χ4v) is 3.81. The first kappa shape index (κ1) is 8.90. The Morgan fingerprint density at radius 1 is 1.29 bits per heavy atom. The molecule has 2 nitrogen and oxygen atoms in total. The average molecular weight is 194 g/mol. The van der Waals surface area contributed by atoms with E-state index in [1.807, 2.05) is 0 Å². The molecule has 78 valence electrons. The summed E-state index contributed by atoms with van der Waals surface area (Å²) >= 11 is 0. The van der Waals surface area contributed by atoms with Crippen LogP contribution in [0.2, 0.25) is 0 Å². The highest BCUT2D eigenvalue weighted by Gasteiger charge is 2.54. The Morgan fingerprint density at radius 3 is 2.43 bits per heavy atom. The normalized spacial score (nSPS) is 51.8. The van der Waals surface area contributed by atoms with Gasteiger partial charge in [0.05, 0.1) is 5.60 Å². The van der Waals surface area contributed by atoms with Crippen LogP contribution >= 0.6 is 0 Å². The third kappa shape index (κ3) is 1.10. The topological polar surface area (TPSA) is 26.3 Å². The molecule has 0 aromatic rings. The van der Waals surface area contributed by atoms with Crippen molar-refractivity contribution in [1.29, 1.82) is 0 Å². The molecule has 0 N–H and O–H groups in total. The van der Waals surface area contributed by atoms with E-state index >= 15 is 0 Å². The molecule has 3 rings (SSSR count). The van der Waals surface area contributed by atoms with Crippen LogP contribution in [0.4, 0.5) is 0 Å². The zero-order valence-corrected chi connectivity index (χ0v) is 8.79. The number of ketones is 1. The summed E-state index contributed by atoms with van der Waals surface area (Å²) in [6, 6.07) is 0. The zero-order valence-electron chi connectivity index (χ0n) is 8.79. The highest BCUT2D eigenvalue weighted by molar-refractivity contribution is 5.81. The summed E-state index contributed by atoms with van der Waals surface area (Å²) in [6.45, 7) is 3.25. The van der Waals surface area contributed by atoms with Gasteiger partial charge in [-0.1, -0.05) is 6.92 Å². The highest BCUT2D eigenvalue weighted by atomic mass is 16.5. The predicted molar refractivity (Wildman–Crippen MR) is 52.9 cm³/mol. The van der Waals surface area contributed by atoms with E-state index in [1.165, 1.54) is 6.42 Å². The molecule has 0 radical (unpaired) electrons. The number of carbonyl (C=O) groups excluding carboxylic acids is 1. The second-order valence-electron chi connectivity index (χ2n) is 5.48. The molecule has 3 fully saturated rings. The second-order valence-corrected chi connectivity index (χ2v) is 5.48. The molecule has 4 atom stereocenters. The first-order valence-electron chi connectivity index (χ1n) is 5.85. The van der Waals surface area contributed by atoms with Gasteiger partial charge in [0, 0.05) is 19.4 Å². The Labute approximate surface area is 85.0 Å². The number of rotatable bonds is 0. The van der Waals surface area contributed by atoms with Gasteiger partial charge in [0.2, 0.25) is 0 Å². The lowest BCUT2D eigenvalue weighted by molar-refractivity contribution is -0.118. The monoisotopic (exact) mass is 194 g/mol. The summed E-state index contributed by atoms with van der Waals surface area (Å²) in [4.78, 5) is 11.3. The van der Waals surface area contributed by atoms with Gasteiger partial charge in [-0.05, 0) is 37.0 Å². The van der Waals surface area contributed by atoms with E-state index in [-0.39, 0.29) is 5.60 Å². The molecular weight excluding hydrogens is 176 g/mol. The van der Waals surface area contributed by atoms with Crippen molar-refractivity contribution in [3.8, 4) is 0 Å². The van der Waals surface area contributed by atoms with Crippen molar-refractivity contribution in [1.82, 2.24) is 0 Å². The van der Waals surface area contributed by atoms with Gasteiger partial charge in [0.1, 0.15) is 5.78 Å². The van der Waals surface area contributed by atoms with Crippen molar-refractivity contribution in [2.24, 2.45) is 17.8 Å². The maximum Gasteiger partial charge on any atom is 0.133 e. The zero-order chi connectivity index (χ0) is 9.76. The van der Waals surface area contributed by atoms with Crippen molar-refractivity contribution >= 4 is 5.78 Å². The molecule has 14 heavy (non-hydrogen) atoms. The Hall–Kier alpha value is -0.370. The largest absolute Gasteiger partial charge is 0.375 e. The lowest BCUT2D eigenvalue weighted by atomic mass is 9.85. The highest BCUT2D eigenvalue weighted by Crippen LogP contribution is 2.54. The van der Waals surface area contributed by atoms with Gasteiger partial charge in [-0.3, -0.25) is 4.79 Å². The Balaban J connectivity index is 1.80. The van der Waals surface area contributed by atoms with E-state index in [9.17, 15) is 4.79 Å². The summed E-state index contributed by atoms with van der Waals surface area (Å²) in [5.41, 5.74) is 0.177. The summed E-state index contributed by atoms with van der Waals surface area (Å²) in [6.07, 6.45) is 5.20. The van der Waals surface area contributed by atoms with Crippen LogP contribution in [0.15, 0.2) is 0 Å². The van der Waals surface area contributed by atoms with Crippen LogP contribution in [0.5, 0.6) is 0 Å². The molecule has 2 heteroatoms. The lowest BCUT2D eigenvalue weighted by Crippen LogP contribution is -2.31. The van der Waals surface area contributed by atoms with Gasteiger partial charge >= 0.3 is 0 Å². The van der Waals surface area contributed by atoms with Crippen LogP contribution in [0.3, 0.4) is 0 Å². The molecule has 2 saturated carbocycles. The molecule has 0 amide bonds. The molecule has 2 unspecified atom stereocenters. The first-order valence-corrected chi connectivity index (χ1v) is 5.85. The molecule has 1 aliphatic heterocycles. The SMILES string of the molecule is CC1CCOC12C[C@H]1CC(=O)C[C@H]1C2. The van der Waals surface area contributed by atoms with Gasteiger partial charge in [-0.2, -0.15) is 0 Å². The minimum atomic E-state index is 0.177. The van der Waals surface area contributed by atoms with Crippen molar-refractivity contribution in [3.05, 3.63) is 0 Å². The number of ether oxygens (including phenoxy) is 1. The van der Waals surface area contributed by atoms with Crippen LogP contribution in [0, 0.1) is 17.8 Å². The fraction of sp³-hybridized carbons (Fsp3) is 0.917. The minimum absolute atomic E-state index is 0.177. The Kier molecular flexibility index (Phi) is 1.79. The van der Waals surface area contributed by atoms with Gasteiger partial charge in [0.25, 0.3) is 0 Å². The molecule has 0 aromatic heterocycles. The van der Waals surface area contributed by atoms with Crippen LogP contribution in [0.25, 0.3) is 0 Å². The van der Waals surface area contributed by atoms with Gasteiger partial charge in [-0.15, -0.1) is 0 Å². The number of fused-ring (bicyclic) bond motifs is 1. The van der Waals surface area contributed by atoms with Gasteiger partial charge in [-0.25, -0.2) is 0 Å². The predicted octanol–water partition coefficient (Wildman–Crippen LogP) is 2.17. The molecular formula is C12H18O2. The molecule has 1 saturated heterocycles. The molecule has 1 heterocycles. The van der Waals surface area contributed by atoms with Gasteiger partial charge in [0.15, 0.2) is 0 Å². The minimum Gasteiger partial charge on any atom is -0.375 e. The Bertz CT molecular complexity index is 255. The van der Waals surface area contributed by atoms with E-state index in [4.69, 9.17) is 4.74 Å². The van der Waals surface area contributed by atoms with Crippen molar-refractivity contribution in [3.63, 3.8) is 0 Å². The van der Waals surface area contributed by atoms with Crippen molar-refractivity contribution in [2.45, 2.75) is 44.6 Å². The van der Waals surface area contributed by atoms with E-state index < -0.39 is 0 Å². The van der Waals surface area contributed by atoms with E-state index in [1.54, 1.807) is 0 Å². The van der Waals surface area contributed by atoms with Crippen LogP contribution < -0.4 is 0 Å². The number of carbonyl (C=O) groups is 1. The second kappa shape index (κ2) is 2.82. The van der Waals surface area contributed by atoms with E-state index in [0.717, 1.165) is 32.3 Å². The average Bonchev–Trinajstić information content (AvgIpc) is 2.68. The molecule has 2 aliphatic carbocycles. The fourth-order valence-electron chi connectivity index (χ4n) is 3.81. The smallest absolute Gasteiger partial charge is 0.133 e. The quantitative estimate of drug-likeness (QED) is 0.590. The van der Waals surface area contributed by atoms with Gasteiger partial charge < -0.3 is 4.74 Å². The summed E-state index contributed by atoms with van der Waals surface area (Å²) in [5.74, 6) is 2.51. The first-order chi connectivity index (χ1) is 6.70. The summed E-state index contributed by atoms with van der Waals surface area (Å²) < 4.78 is 5.97. The standard InChI is InChI=1S/C12H18O2/c1-8-2-3-14-12(8)6-9-4-11(13)5-10(9)7-12/h8-10H,2-7H2,1H3/t8?,9-,10+,12?. The van der Waals surface area contributed by atoms with Crippen LogP contribution in [0.1, 0.15) is 39.0 Å². The third-order valence-electron chi connectivity index (χ3n) is 4.70. The van der Waals surface area contributed by atoms with E-state index in [0.29, 0.717) is 23.5 Å². The van der Waals surface area contributed by atoms with Crippen molar-refractivity contribution in [2.75, 3.05) is 6.61 Å². The molecule has 0 bridgehead atoms. The summed E-state index contributed by atoms with van der Waals surface area (Å²) in [7, 11) is 0. The Morgan fingerprint density at radius 2 is 1.93 bits per heavy atom. The summed E-state index contributed by atoms with van der Waals surface area (Å²) in [5, 5.41) is 0. The molecule has 1 spiro atoms. The molecule has 3 aliphatic rings. The number of Topliss-reactive ketones (excluding diaryl/α,β-unsaturated/α-hetero) is 1.